The molecule has 18 heavy (non-hydrogen) atoms. The van der Waals surface area contributed by atoms with Gasteiger partial charge in [-0.3, -0.25) is 4.68 Å². The molecule has 0 saturated carbocycles. The normalized spacial score (nSPS) is 12.8. The lowest BCUT2D eigenvalue weighted by Crippen LogP contribution is -2.25. The van der Waals surface area contributed by atoms with E-state index in [4.69, 9.17) is 0 Å². The van der Waals surface area contributed by atoms with Crippen molar-refractivity contribution in [1.82, 2.24) is 15.1 Å². The van der Waals surface area contributed by atoms with Gasteiger partial charge < -0.3 is 5.32 Å². The summed E-state index contributed by atoms with van der Waals surface area (Å²) in [5, 5.41) is 7.66. The van der Waals surface area contributed by atoms with E-state index in [9.17, 15) is 0 Å². The number of hydrogen-bond acceptors (Lipinski definition) is 2. The van der Waals surface area contributed by atoms with E-state index in [2.05, 4.69) is 30.6 Å². The van der Waals surface area contributed by atoms with E-state index in [0.717, 1.165) is 6.42 Å². The average Bonchev–Trinajstić information content (AvgIpc) is 2.78. The summed E-state index contributed by atoms with van der Waals surface area (Å²) in [6.45, 7) is 2.27. The van der Waals surface area contributed by atoms with E-state index in [-0.39, 0.29) is 0 Å². The van der Waals surface area contributed by atoms with Gasteiger partial charge in [0.25, 0.3) is 0 Å². The Bertz CT molecular complexity index is 306. The lowest BCUT2D eigenvalue weighted by atomic mass is 10.0. The minimum atomic E-state index is 0.659. The Morgan fingerprint density at radius 1 is 1.22 bits per heavy atom. The highest BCUT2D eigenvalue weighted by Gasteiger charge is 2.06. The van der Waals surface area contributed by atoms with E-state index >= 15 is 0 Å². The van der Waals surface area contributed by atoms with Crippen molar-refractivity contribution in [1.29, 1.82) is 0 Å². The summed E-state index contributed by atoms with van der Waals surface area (Å²) in [5.41, 5.74) is 1.35. The van der Waals surface area contributed by atoms with Crippen molar-refractivity contribution in [3.63, 3.8) is 0 Å². The van der Waals surface area contributed by atoms with Crippen molar-refractivity contribution in [2.24, 2.45) is 7.05 Å². The number of aromatic nitrogens is 2. The van der Waals surface area contributed by atoms with Crippen LogP contribution in [-0.4, -0.2) is 22.9 Å². The fraction of sp³-hybridized carbons (Fsp3) is 0.800. The van der Waals surface area contributed by atoms with Crippen LogP contribution in [0.4, 0.5) is 0 Å². The molecule has 0 aliphatic carbocycles. The van der Waals surface area contributed by atoms with Crippen molar-refractivity contribution < 1.29 is 0 Å². The van der Waals surface area contributed by atoms with E-state index in [1.165, 1.54) is 50.5 Å². The van der Waals surface area contributed by atoms with Gasteiger partial charge in [0, 0.05) is 19.3 Å². The van der Waals surface area contributed by atoms with Gasteiger partial charge in [-0.2, -0.15) is 5.10 Å². The first-order chi connectivity index (χ1) is 8.76. The minimum absolute atomic E-state index is 0.659. The first kappa shape index (κ1) is 15.2. The molecule has 104 valence electrons. The van der Waals surface area contributed by atoms with Gasteiger partial charge in [0.05, 0.1) is 6.20 Å². The third-order valence-corrected chi connectivity index (χ3v) is 3.60. The van der Waals surface area contributed by atoms with Crippen molar-refractivity contribution >= 4 is 0 Å². The van der Waals surface area contributed by atoms with Gasteiger partial charge in [-0.15, -0.1) is 0 Å². The molecule has 0 radical (unpaired) electrons. The summed E-state index contributed by atoms with van der Waals surface area (Å²) in [7, 11) is 4.06. The number of aryl methyl sites for hydroxylation is 2. The van der Waals surface area contributed by atoms with E-state index in [1.807, 2.05) is 17.9 Å². The van der Waals surface area contributed by atoms with Gasteiger partial charge in [0.1, 0.15) is 0 Å². The molecule has 1 rings (SSSR count). The second kappa shape index (κ2) is 9.15. The van der Waals surface area contributed by atoms with Gasteiger partial charge in [-0.25, -0.2) is 0 Å². The Morgan fingerprint density at radius 3 is 2.61 bits per heavy atom. The van der Waals surface area contributed by atoms with Crippen molar-refractivity contribution in [3.8, 4) is 0 Å². The maximum absolute atomic E-state index is 4.21. The Labute approximate surface area is 112 Å². The number of rotatable bonds is 10. The fourth-order valence-electron chi connectivity index (χ4n) is 2.37. The molecule has 3 nitrogen and oxygen atoms in total. The topological polar surface area (TPSA) is 29.9 Å². The average molecular weight is 251 g/mol. The predicted octanol–water partition coefficient (Wildman–Crippen LogP) is 3.30. The standard InChI is InChI=1S/C15H29N3/c1-4-5-6-7-8-9-15(16-2)11-10-14-12-17-18(3)13-14/h12-13,15-16H,4-11H2,1-3H3. The van der Waals surface area contributed by atoms with Gasteiger partial charge >= 0.3 is 0 Å². The highest BCUT2D eigenvalue weighted by atomic mass is 15.2. The van der Waals surface area contributed by atoms with Crippen molar-refractivity contribution in [3.05, 3.63) is 18.0 Å². The molecule has 1 aromatic heterocycles. The summed E-state index contributed by atoms with van der Waals surface area (Å²) >= 11 is 0. The Balaban J connectivity index is 2.13. The molecule has 0 amide bonds. The van der Waals surface area contributed by atoms with Crippen LogP contribution < -0.4 is 5.32 Å². The van der Waals surface area contributed by atoms with E-state index in [0.29, 0.717) is 6.04 Å². The second-order valence-electron chi connectivity index (χ2n) is 5.25. The summed E-state index contributed by atoms with van der Waals surface area (Å²) < 4.78 is 1.88. The van der Waals surface area contributed by atoms with Crippen LogP contribution in [-0.2, 0) is 13.5 Å². The monoisotopic (exact) mass is 251 g/mol. The van der Waals surface area contributed by atoms with Crippen LogP contribution in [0, 0.1) is 0 Å². The molecule has 3 heteroatoms. The SMILES string of the molecule is CCCCCCCC(CCc1cnn(C)c1)NC. The number of unbranched alkanes of at least 4 members (excludes halogenated alkanes) is 4. The molecule has 0 aliphatic heterocycles. The van der Waals surface area contributed by atoms with Gasteiger partial charge in [0.15, 0.2) is 0 Å². The maximum atomic E-state index is 4.21. The van der Waals surface area contributed by atoms with Gasteiger partial charge in [-0.05, 0) is 31.9 Å². The van der Waals surface area contributed by atoms with Crippen LogP contribution in [0.15, 0.2) is 12.4 Å². The number of hydrogen-bond donors (Lipinski definition) is 1. The van der Waals surface area contributed by atoms with Crippen LogP contribution in [0.1, 0.15) is 57.4 Å². The molecule has 0 fully saturated rings. The minimum Gasteiger partial charge on any atom is -0.317 e. The molecular formula is C15H29N3. The highest BCUT2D eigenvalue weighted by molar-refractivity contribution is 5.03. The van der Waals surface area contributed by atoms with Crippen LogP contribution in [0.25, 0.3) is 0 Å². The second-order valence-corrected chi connectivity index (χ2v) is 5.25. The molecule has 0 bridgehead atoms. The zero-order valence-corrected chi connectivity index (χ0v) is 12.3. The third kappa shape index (κ3) is 6.20. The largest absolute Gasteiger partial charge is 0.317 e. The molecular weight excluding hydrogens is 222 g/mol. The van der Waals surface area contributed by atoms with Gasteiger partial charge in [-0.1, -0.05) is 39.0 Å². The third-order valence-electron chi connectivity index (χ3n) is 3.60. The quantitative estimate of drug-likeness (QED) is 0.647. The molecule has 1 unspecified atom stereocenters. The molecule has 1 heterocycles. The van der Waals surface area contributed by atoms with E-state index in [1.54, 1.807) is 0 Å². The number of nitrogens with zero attached hydrogens (tertiary/aromatic N) is 2. The number of nitrogens with one attached hydrogen (secondary N) is 1. The Morgan fingerprint density at radius 2 is 2.00 bits per heavy atom. The molecule has 1 N–H and O–H groups in total. The molecule has 0 aromatic carbocycles. The van der Waals surface area contributed by atoms with Crippen LogP contribution in [0.2, 0.25) is 0 Å². The molecule has 1 atom stereocenters. The molecule has 1 aromatic rings. The van der Waals surface area contributed by atoms with Crippen LogP contribution in [0.5, 0.6) is 0 Å². The van der Waals surface area contributed by atoms with Gasteiger partial charge in [0.2, 0.25) is 0 Å². The zero-order chi connectivity index (χ0) is 13.2. The molecule has 0 saturated heterocycles. The highest BCUT2D eigenvalue weighted by Crippen LogP contribution is 2.11. The van der Waals surface area contributed by atoms with Crippen LogP contribution in [0.3, 0.4) is 0 Å². The zero-order valence-electron chi connectivity index (χ0n) is 12.3. The summed E-state index contributed by atoms with van der Waals surface area (Å²) in [6.07, 6.45) is 14.6. The molecule has 0 aliphatic rings. The molecule has 0 spiro atoms. The maximum Gasteiger partial charge on any atom is 0.0521 e. The first-order valence-electron chi connectivity index (χ1n) is 7.41. The first-order valence-corrected chi connectivity index (χ1v) is 7.41. The smallest absolute Gasteiger partial charge is 0.0521 e. The summed E-state index contributed by atoms with van der Waals surface area (Å²) in [5.74, 6) is 0. The Kier molecular flexibility index (Phi) is 7.74. The summed E-state index contributed by atoms with van der Waals surface area (Å²) in [4.78, 5) is 0. The summed E-state index contributed by atoms with van der Waals surface area (Å²) in [6, 6.07) is 0.659. The Hall–Kier alpha value is -0.830. The lowest BCUT2D eigenvalue weighted by Gasteiger charge is -2.15. The van der Waals surface area contributed by atoms with E-state index < -0.39 is 0 Å². The van der Waals surface area contributed by atoms with Crippen molar-refractivity contribution in [2.45, 2.75) is 64.3 Å². The lowest BCUT2D eigenvalue weighted by molar-refractivity contribution is 0.459. The van der Waals surface area contributed by atoms with Crippen molar-refractivity contribution in [2.75, 3.05) is 7.05 Å². The fourth-order valence-corrected chi connectivity index (χ4v) is 2.37. The predicted molar refractivity (Wildman–Crippen MR) is 77.8 cm³/mol. The van der Waals surface area contributed by atoms with Crippen LogP contribution >= 0.6 is 0 Å².